The first-order valence-electron chi connectivity index (χ1n) is 13.4. The number of hydrogen-bond donors (Lipinski definition) is 1. The Morgan fingerprint density at radius 3 is 2.70 bits per heavy atom. The molecule has 0 saturated carbocycles. The number of nitrogens with zero attached hydrogens (tertiary/aromatic N) is 6. The number of fused-ring (bicyclic) bond motifs is 1. The van der Waals surface area contributed by atoms with E-state index >= 15 is 0 Å². The molecule has 0 bridgehead atoms. The fraction of sp³-hybridized carbons (Fsp3) is 0.379. The summed E-state index contributed by atoms with van der Waals surface area (Å²) in [6.45, 7) is 3.84. The largest absolute Gasteiger partial charge is 0.478 e. The molecule has 10 nitrogen and oxygen atoms in total. The zero-order valence-corrected chi connectivity index (χ0v) is 21.9. The smallest absolute Gasteiger partial charge is 0.335 e. The molecule has 4 aromatic rings. The van der Waals surface area contributed by atoms with Crippen LogP contribution in [0.15, 0.2) is 48.7 Å². The van der Waals surface area contributed by atoms with E-state index in [-0.39, 0.29) is 29.9 Å². The maximum Gasteiger partial charge on any atom is 0.335 e. The van der Waals surface area contributed by atoms with E-state index in [1.165, 1.54) is 6.07 Å². The monoisotopic (exact) mass is 544 g/mol. The quantitative estimate of drug-likeness (QED) is 0.334. The summed E-state index contributed by atoms with van der Waals surface area (Å²) in [6, 6.07) is 13.3. The van der Waals surface area contributed by atoms with Crippen molar-refractivity contribution in [1.82, 2.24) is 24.2 Å². The van der Waals surface area contributed by atoms with Crippen molar-refractivity contribution in [1.29, 1.82) is 5.26 Å². The summed E-state index contributed by atoms with van der Waals surface area (Å²) in [4.78, 5) is 18.8. The van der Waals surface area contributed by atoms with Gasteiger partial charge >= 0.3 is 5.97 Å². The van der Waals surface area contributed by atoms with E-state index in [2.05, 4.69) is 14.6 Å². The van der Waals surface area contributed by atoms with Crippen LogP contribution in [0, 0.1) is 17.1 Å². The number of carbonyl (C=O) groups is 1. The molecule has 6 rings (SSSR count). The lowest BCUT2D eigenvalue weighted by Gasteiger charge is -2.32. The molecule has 1 N–H and O–H groups in total. The molecule has 1 atom stereocenters. The fourth-order valence-electron chi connectivity index (χ4n) is 5.29. The summed E-state index contributed by atoms with van der Waals surface area (Å²) in [5, 5.41) is 22.9. The number of ether oxygens (including phenoxy) is 2. The van der Waals surface area contributed by atoms with Crippen LogP contribution < -0.4 is 4.74 Å². The highest BCUT2D eigenvalue weighted by Gasteiger charge is 2.26. The minimum absolute atomic E-state index is 0.0356. The molecule has 206 valence electrons. The summed E-state index contributed by atoms with van der Waals surface area (Å²) in [5.41, 5.74) is 2.51. The van der Waals surface area contributed by atoms with E-state index in [4.69, 9.17) is 19.7 Å². The molecular weight excluding hydrogens is 515 g/mol. The Hall–Kier alpha value is -4.27. The average molecular weight is 545 g/mol. The number of carboxylic acid groups (broad SMARTS) is 1. The van der Waals surface area contributed by atoms with Gasteiger partial charge in [0, 0.05) is 37.5 Å². The Labute approximate surface area is 230 Å². The molecule has 2 aromatic heterocycles. The van der Waals surface area contributed by atoms with Crippen molar-refractivity contribution in [3.63, 3.8) is 0 Å². The molecule has 2 aliphatic heterocycles. The maximum atomic E-state index is 14.1. The van der Waals surface area contributed by atoms with Crippen LogP contribution in [0.2, 0.25) is 0 Å². The van der Waals surface area contributed by atoms with Gasteiger partial charge in [-0.15, -0.1) is 5.10 Å². The van der Waals surface area contributed by atoms with Gasteiger partial charge in [0.05, 0.1) is 53.5 Å². The van der Waals surface area contributed by atoms with Gasteiger partial charge < -0.3 is 19.1 Å². The lowest BCUT2D eigenvalue weighted by molar-refractivity contribution is -0.0592. The molecule has 2 saturated heterocycles. The second-order valence-corrected chi connectivity index (χ2v) is 10.3. The van der Waals surface area contributed by atoms with Crippen LogP contribution in [0.25, 0.3) is 11.0 Å². The normalized spacial score (nSPS) is 17.9. The molecule has 40 heavy (non-hydrogen) atoms. The van der Waals surface area contributed by atoms with Crippen molar-refractivity contribution in [3.8, 4) is 11.9 Å². The highest BCUT2D eigenvalue weighted by molar-refractivity contribution is 5.92. The Morgan fingerprint density at radius 2 is 2.00 bits per heavy atom. The first-order valence-corrected chi connectivity index (χ1v) is 13.4. The predicted molar refractivity (Wildman–Crippen MR) is 142 cm³/mol. The van der Waals surface area contributed by atoms with Crippen molar-refractivity contribution in [2.45, 2.75) is 51.1 Å². The standard InChI is InChI=1S/C29H29FN6O4/c30-24-13-19(15-31)1-2-21(24)18-40-28-7-11-36(33-28)22-5-9-34(10-6-22)17-27-32-25-4-3-20(29(37)38)14-26(25)35(27)16-23-8-12-39-23/h1-4,7,11,13-14,22-23H,5-6,8-10,12,16-18H2,(H,37,38)/t23-/m0/s1. The van der Waals surface area contributed by atoms with Crippen LogP contribution in [-0.2, 0) is 24.4 Å². The Balaban J connectivity index is 1.08. The Morgan fingerprint density at radius 1 is 1.18 bits per heavy atom. The van der Waals surface area contributed by atoms with Crippen molar-refractivity contribution in [2.75, 3.05) is 19.7 Å². The highest BCUT2D eigenvalue weighted by atomic mass is 19.1. The number of nitriles is 1. The first kappa shape index (κ1) is 26.0. The van der Waals surface area contributed by atoms with Gasteiger partial charge in [-0.05, 0) is 49.6 Å². The number of aromatic carboxylic acids is 1. The van der Waals surface area contributed by atoms with E-state index < -0.39 is 11.8 Å². The average Bonchev–Trinajstić information content (AvgIpc) is 3.54. The number of piperidine rings is 1. The van der Waals surface area contributed by atoms with E-state index in [1.807, 2.05) is 16.9 Å². The van der Waals surface area contributed by atoms with Crippen LogP contribution in [0.1, 0.15) is 52.6 Å². The summed E-state index contributed by atoms with van der Waals surface area (Å²) in [7, 11) is 0. The lowest BCUT2D eigenvalue weighted by Crippen LogP contribution is -2.36. The second kappa shape index (κ2) is 11.1. The van der Waals surface area contributed by atoms with Crippen molar-refractivity contribution < 1.29 is 23.8 Å². The summed E-state index contributed by atoms with van der Waals surface area (Å²) < 4.78 is 29.6. The first-order chi connectivity index (χ1) is 19.5. The van der Waals surface area contributed by atoms with E-state index in [0.29, 0.717) is 24.5 Å². The molecule has 0 amide bonds. The van der Waals surface area contributed by atoms with Gasteiger partial charge in [0.15, 0.2) is 0 Å². The number of hydrogen-bond acceptors (Lipinski definition) is 7. The predicted octanol–water partition coefficient (Wildman–Crippen LogP) is 4.15. The number of halogens is 1. The summed E-state index contributed by atoms with van der Waals surface area (Å²) >= 11 is 0. The molecule has 2 aliphatic rings. The van der Waals surface area contributed by atoms with Gasteiger partial charge in [0.2, 0.25) is 5.88 Å². The Bertz CT molecular complexity index is 1580. The van der Waals surface area contributed by atoms with Crippen LogP contribution in [0.4, 0.5) is 4.39 Å². The number of benzene rings is 2. The highest BCUT2D eigenvalue weighted by Crippen LogP contribution is 2.27. The lowest BCUT2D eigenvalue weighted by atomic mass is 10.1. The number of aromatic nitrogens is 4. The molecule has 2 aromatic carbocycles. The minimum Gasteiger partial charge on any atom is -0.478 e. The number of imidazole rings is 1. The molecule has 0 aliphatic carbocycles. The van der Waals surface area contributed by atoms with E-state index in [0.717, 1.165) is 55.8 Å². The fourth-order valence-corrected chi connectivity index (χ4v) is 5.29. The minimum atomic E-state index is -0.952. The zero-order valence-electron chi connectivity index (χ0n) is 21.9. The molecular formula is C29H29FN6O4. The van der Waals surface area contributed by atoms with Crippen molar-refractivity contribution >= 4 is 17.0 Å². The number of rotatable bonds is 9. The summed E-state index contributed by atoms with van der Waals surface area (Å²) in [6.07, 6.45) is 4.81. The number of carboxylic acids is 1. The second-order valence-electron chi connectivity index (χ2n) is 10.3. The number of likely N-dealkylation sites (tertiary alicyclic amines) is 1. The summed E-state index contributed by atoms with van der Waals surface area (Å²) in [5.74, 6) is -0.0798. The van der Waals surface area contributed by atoms with Crippen molar-refractivity contribution in [3.05, 3.63) is 77.0 Å². The van der Waals surface area contributed by atoms with Gasteiger partial charge in [-0.3, -0.25) is 9.58 Å². The van der Waals surface area contributed by atoms with Gasteiger partial charge in [-0.25, -0.2) is 14.2 Å². The zero-order chi connectivity index (χ0) is 27.6. The molecule has 2 fully saturated rings. The van der Waals surface area contributed by atoms with E-state index in [1.54, 1.807) is 36.4 Å². The third-order valence-electron chi connectivity index (χ3n) is 7.69. The third kappa shape index (κ3) is 5.41. The van der Waals surface area contributed by atoms with Gasteiger partial charge in [-0.2, -0.15) is 5.26 Å². The van der Waals surface area contributed by atoms with Gasteiger partial charge in [0.25, 0.3) is 0 Å². The Kier molecular flexibility index (Phi) is 7.19. The molecule has 11 heteroatoms. The maximum absolute atomic E-state index is 14.1. The van der Waals surface area contributed by atoms with Gasteiger partial charge in [0.1, 0.15) is 18.2 Å². The van der Waals surface area contributed by atoms with Crippen LogP contribution in [0.5, 0.6) is 5.88 Å². The van der Waals surface area contributed by atoms with E-state index in [9.17, 15) is 14.3 Å². The van der Waals surface area contributed by atoms with Crippen molar-refractivity contribution in [2.24, 2.45) is 0 Å². The molecule has 0 spiro atoms. The van der Waals surface area contributed by atoms with Gasteiger partial charge in [-0.1, -0.05) is 6.07 Å². The molecule has 4 heterocycles. The van der Waals surface area contributed by atoms with Crippen LogP contribution >= 0.6 is 0 Å². The molecule has 0 radical (unpaired) electrons. The molecule has 0 unspecified atom stereocenters. The topological polar surface area (TPSA) is 118 Å². The van der Waals surface area contributed by atoms with Crippen LogP contribution in [-0.4, -0.2) is 61.1 Å². The SMILES string of the molecule is N#Cc1ccc(COc2ccn(C3CCN(Cc4nc5ccc(C(=O)O)cc5n4C[C@@H]4CCO4)CC3)n2)c(F)c1. The van der Waals surface area contributed by atoms with Crippen LogP contribution in [0.3, 0.4) is 0 Å². The third-order valence-corrected chi connectivity index (χ3v) is 7.69.